The van der Waals surface area contributed by atoms with Gasteiger partial charge in [-0.1, -0.05) is 30.3 Å². The third-order valence-corrected chi connectivity index (χ3v) is 4.64. The van der Waals surface area contributed by atoms with Crippen molar-refractivity contribution in [2.75, 3.05) is 0 Å². The number of carbonyl (C=O) groups excluding carboxylic acids is 1. The van der Waals surface area contributed by atoms with Crippen molar-refractivity contribution in [3.63, 3.8) is 0 Å². The standard InChI is InChI=1S/C16H16OS/c17-16(8-7-15-6-3-9-18-15)14-10-12-4-1-2-5-13(12)11-14/h1-6,9,14H,7-8,10-11H2. The molecule has 3 rings (SSSR count). The van der Waals surface area contributed by atoms with Gasteiger partial charge in [0, 0.05) is 17.2 Å². The maximum absolute atomic E-state index is 12.2. The quantitative estimate of drug-likeness (QED) is 0.816. The van der Waals surface area contributed by atoms with Crippen LogP contribution >= 0.6 is 11.3 Å². The van der Waals surface area contributed by atoms with Crippen LogP contribution in [0.4, 0.5) is 0 Å². The van der Waals surface area contributed by atoms with Crippen LogP contribution in [0.1, 0.15) is 22.4 Å². The first kappa shape index (κ1) is 11.7. The van der Waals surface area contributed by atoms with E-state index in [2.05, 4.69) is 41.8 Å². The summed E-state index contributed by atoms with van der Waals surface area (Å²) >= 11 is 1.74. The lowest BCUT2D eigenvalue weighted by atomic mass is 9.97. The van der Waals surface area contributed by atoms with Gasteiger partial charge in [-0.15, -0.1) is 11.3 Å². The van der Waals surface area contributed by atoms with Crippen molar-refractivity contribution in [1.82, 2.24) is 0 Å². The summed E-state index contributed by atoms with van der Waals surface area (Å²) in [5.41, 5.74) is 2.74. The average molecular weight is 256 g/mol. The molecule has 0 radical (unpaired) electrons. The Balaban J connectivity index is 1.59. The van der Waals surface area contributed by atoms with Crippen molar-refractivity contribution in [3.05, 3.63) is 57.8 Å². The SMILES string of the molecule is O=C(CCc1cccs1)C1Cc2ccccc2C1. The Morgan fingerprint density at radius 3 is 2.44 bits per heavy atom. The Kier molecular flexibility index (Phi) is 3.28. The molecular formula is C16H16OS. The van der Waals surface area contributed by atoms with Crippen molar-refractivity contribution < 1.29 is 4.79 Å². The predicted octanol–water partition coefficient (Wildman–Crippen LogP) is 3.66. The van der Waals surface area contributed by atoms with E-state index in [-0.39, 0.29) is 5.92 Å². The zero-order valence-electron chi connectivity index (χ0n) is 10.3. The lowest BCUT2D eigenvalue weighted by Crippen LogP contribution is -2.15. The molecule has 1 aromatic heterocycles. The molecule has 0 atom stereocenters. The summed E-state index contributed by atoms with van der Waals surface area (Å²) in [5, 5.41) is 2.07. The molecule has 1 aliphatic rings. The lowest BCUT2D eigenvalue weighted by Gasteiger charge is -2.06. The van der Waals surface area contributed by atoms with E-state index in [9.17, 15) is 4.79 Å². The van der Waals surface area contributed by atoms with Gasteiger partial charge >= 0.3 is 0 Å². The number of hydrogen-bond acceptors (Lipinski definition) is 2. The van der Waals surface area contributed by atoms with Gasteiger partial charge < -0.3 is 0 Å². The summed E-state index contributed by atoms with van der Waals surface area (Å²) in [6.45, 7) is 0. The molecule has 1 aromatic carbocycles. The number of hydrogen-bond donors (Lipinski definition) is 0. The molecule has 0 fully saturated rings. The average Bonchev–Trinajstić information content (AvgIpc) is 3.04. The van der Waals surface area contributed by atoms with E-state index in [1.54, 1.807) is 11.3 Å². The number of ketones is 1. The van der Waals surface area contributed by atoms with Crippen LogP contribution in [0.5, 0.6) is 0 Å². The van der Waals surface area contributed by atoms with E-state index in [1.807, 2.05) is 0 Å². The van der Waals surface area contributed by atoms with Gasteiger partial charge in [0.1, 0.15) is 5.78 Å². The van der Waals surface area contributed by atoms with Gasteiger partial charge in [-0.05, 0) is 41.8 Å². The van der Waals surface area contributed by atoms with Crippen LogP contribution in [-0.4, -0.2) is 5.78 Å². The molecule has 0 unspecified atom stereocenters. The highest BCUT2D eigenvalue weighted by Gasteiger charge is 2.26. The van der Waals surface area contributed by atoms with Crippen LogP contribution in [0.25, 0.3) is 0 Å². The minimum Gasteiger partial charge on any atom is -0.299 e. The monoisotopic (exact) mass is 256 g/mol. The molecule has 1 heterocycles. The molecule has 0 aliphatic heterocycles. The number of carbonyl (C=O) groups is 1. The van der Waals surface area contributed by atoms with Crippen LogP contribution in [0.15, 0.2) is 41.8 Å². The Hall–Kier alpha value is -1.41. The summed E-state index contributed by atoms with van der Waals surface area (Å²) in [4.78, 5) is 13.5. The highest BCUT2D eigenvalue weighted by Crippen LogP contribution is 2.28. The first-order valence-electron chi connectivity index (χ1n) is 6.45. The Bertz CT molecular complexity index is 517. The molecule has 1 aliphatic carbocycles. The Morgan fingerprint density at radius 1 is 1.11 bits per heavy atom. The van der Waals surface area contributed by atoms with Crippen molar-refractivity contribution in [2.24, 2.45) is 5.92 Å². The molecule has 1 nitrogen and oxygen atoms in total. The third-order valence-electron chi connectivity index (χ3n) is 3.70. The van der Waals surface area contributed by atoms with Crippen LogP contribution in [-0.2, 0) is 24.1 Å². The van der Waals surface area contributed by atoms with Gasteiger partial charge in [0.2, 0.25) is 0 Å². The third kappa shape index (κ3) is 2.39. The van der Waals surface area contributed by atoms with Crippen molar-refractivity contribution in [3.8, 4) is 0 Å². The first-order valence-corrected chi connectivity index (χ1v) is 7.33. The summed E-state index contributed by atoms with van der Waals surface area (Å²) in [6.07, 6.45) is 3.49. The van der Waals surface area contributed by atoms with E-state index >= 15 is 0 Å². The smallest absolute Gasteiger partial charge is 0.137 e. The molecule has 18 heavy (non-hydrogen) atoms. The molecule has 0 saturated heterocycles. The van der Waals surface area contributed by atoms with Gasteiger partial charge in [0.25, 0.3) is 0 Å². The molecule has 0 bridgehead atoms. The second kappa shape index (κ2) is 5.07. The molecule has 0 N–H and O–H groups in total. The number of rotatable bonds is 4. The maximum atomic E-state index is 12.2. The number of benzene rings is 1. The van der Waals surface area contributed by atoms with Crippen molar-refractivity contribution in [2.45, 2.75) is 25.7 Å². The topological polar surface area (TPSA) is 17.1 Å². The number of aryl methyl sites for hydroxylation is 1. The van der Waals surface area contributed by atoms with Gasteiger partial charge in [-0.3, -0.25) is 4.79 Å². The van der Waals surface area contributed by atoms with E-state index in [1.165, 1.54) is 16.0 Å². The van der Waals surface area contributed by atoms with Gasteiger partial charge in [-0.25, -0.2) is 0 Å². The molecule has 0 amide bonds. The molecule has 0 saturated carbocycles. The highest BCUT2D eigenvalue weighted by molar-refractivity contribution is 7.09. The van der Waals surface area contributed by atoms with E-state index in [0.717, 1.165) is 19.3 Å². The van der Waals surface area contributed by atoms with Crippen LogP contribution in [0.2, 0.25) is 0 Å². The van der Waals surface area contributed by atoms with Crippen LogP contribution < -0.4 is 0 Å². The Labute approximate surface area is 111 Å². The van der Waals surface area contributed by atoms with Gasteiger partial charge in [-0.2, -0.15) is 0 Å². The van der Waals surface area contributed by atoms with Gasteiger partial charge in [0.15, 0.2) is 0 Å². The predicted molar refractivity (Wildman–Crippen MR) is 75.0 cm³/mol. The minimum atomic E-state index is 0.224. The first-order chi connectivity index (χ1) is 8.83. The summed E-state index contributed by atoms with van der Waals surface area (Å²) in [7, 11) is 0. The van der Waals surface area contributed by atoms with Crippen molar-refractivity contribution >= 4 is 17.1 Å². The molecule has 92 valence electrons. The molecule has 2 heteroatoms. The normalized spacial score (nSPS) is 14.7. The zero-order chi connectivity index (χ0) is 12.4. The molecule has 2 aromatic rings. The largest absolute Gasteiger partial charge is 0.299 e. The van der Waals surface area contributed by atoms with Crippen LogP contribution in [0.3, 0.4) is 0 Å². The summed E-state index contributed by atoms with van der Waals surface area (Å²) in [6, 6.07) is 12.6. The summed E-state index contributed by atoms with van der Waals surface area (Å²) < 4.78 is 0. The molecule has 0 spiro atoms. The fourth-order valence-corrected chi connectivity index (χ4v) is 3.40. The van der Waals surface area contributed by atoms with Gasteiger partial charge in [0.05, 0.1) is 0 Å². The second-order valence-electron chi connectivity index (χ2n) is 4.92. The highest BCUT2D eigenvalue weighted by atomic mass is 32.1. The van der Waals surface area contributed by atoms with E-state index < -0.39 is 0 Å². The fourth-order valence-electron chi connectivity index (χ4n) is 2.69. The minimum absolute atomic E-state index is 0.224. The fraction of sp³-hybridized carbons (Fsp3) is 0.312. The number of Topliss-reactive ketones (excluding diaryl/α,β-unsaturated/α-hetero) is 1. The zero-order valence-corrected chi connectivity index (χ0v) is 11.1. The van der Waals surface area contributed by atoms with E-state index in [0.29, 0.717) is 12.2 Å². The summed E-state index contributed by atoms with van der Waals surface area (Å²) in [5.74, 6) is 0.655. The molecular weight excluding hydrogens is 240 g/mol. The lowest BCUT2D eigenvalue weighted by molar-refractivity contribution is -0.122. The maximum Gasteiger partial charge on any atom is 0.137 e. The van der Waals surface area contributed by atoms with E-state index in [4.69, 9.17) is 0 Å². The second-order valence-corrected chi connectivity index (χ2v) is 5.95. The van der Waals surface area contributed by atoms with Crippen molar-refractivity contribution in [1.29, 1.82) is 0 Å². The van der Waals surface area contributed by atoms with Crippen LogP contribution in [0, 0.1) is 5.92 Å². The number of fused-ring (bicyclic) bond motifs is 1. The number of thiophene rings is 1. The Morgan fingerprint density at radius 2 is 1.83 bits per heavy atom.